The normalized spacial score (nSPS) is 27.6. The molecule has 2 N–H and O–H groups in total. The van der Waals surface area contributed by atoms with Gasteiger partial charge in [-0.2, -0.15) is 0 Å². The number of quaternary nitrogens is 1. The van der Waals surface area contributed by atoms with Gasteiger partial charge in [0.25, 0.3) is 5.91 Å². The standard InChI is InChI=1S/C22H26FN3O/c1-16-5-4-14-26(16,19-12-13-24-15-19)18-10-8-17(9-11-18)25-22(27)20-6-2-3-7-21(20)23/h2-3,6-11,16,19,24H,4-5,12-15H2,1H3/p+1. The highest BCUT2D eigenvalue weighted by molar-refractivity contribution is 6.04. The van der Waals surface area contributed by atoms with E-state index >= 15 is 0 Å². The Bertz CT molecular complexity index is 817. The fourth-order valence-electron chi connectivity index (χ4n) is 4.93. The maximum absolute atomic E-state index is 13.8. The van der Waals surface area contributed by atoms with Gasteiger partial charge in [-0.05, 0) is 31.2 Å². The van der Waals surface area contributed by atoms with E-state index in [1.165, 1.54) is 43.6 Å². The number of likely N-dealkylation sites (tertiary alicyclic amines) is 1. The molecule has 2 aliphatic rings. The summed E-state index contributed by atoms with van der Waals surface area (Å²) in [5, 5.41) is 6.33. The lowest BCUT2D eigenvalue weighted by Gasteiger charge is -2.43. The summed E-state index contributed by atoms with van der Waals surface area (Å²) in [6, 6.07) is 15.4. The van der Waals surface area contributed by atoms with Gasteiger partial charge in [-0.25, -0.2) is 4.39 Å². The molecule has 2 aromatic rings. The smallest absolute Gasteiger partial charge is 0.258 e. The van der Waals surface area contributed by atoms with Crippen LogP contribution in [0.5, 0.6) is 0 Å². The van der Waals surface area contributed by atoms with E-state index in [0.29, 0.717) is 17.8 Å². The summed E-state index contributed by atoms with van der Waals surface area (Å²) < 4.78 is 14.8. The number of hydrogen-bond donors (Lipinski definition) is 2. The van der Waals surface area contributed by atoms with Crippen LogP contribution >= 0.6 is 0 Å². The van der Waals surface area contributed by atoms with Crippen LogP contribution in [0, 0.1) is 5.82 Å². The number of nitrogens with one attached hydrogen (secondary N) is 2. The van der Waals surface area contributed by atoms with Crippen molar-refractivity contribution >= 4 is 17.3 Å². The summed E-state index contributed by atoms with van der Waals surface area (Å²) in [7, 11) is 0. The Hall–Kier alpha value is -2.24. The second kappa shape index (κ2) is 7.41. The van der Waals surface area contributed by atoms with Gasteiger partial charge in [0, 0.05) is 50.2 Å². The highest BCUT2D eigenvalue weighted by Crippen LogP contribution is 2.39. The van der Waals surface area contributed by atoms with E-state index < -0.39 is 11.7 Å². The largest absolute Gasteiger partial charge is 0.322 e. The Morgan fingerprint density at radius 1 is 1.15 bits per heavy atom. The summed E-state index contributed by atoms with van der Waals surface area (Å²) in [6.45, 7) is 5.69. The molecule has 3 atom stereocenters. The van der Waals surface area contributed by atoms with E-state index in [-0.39, 0.29) is 5.56 Å². The molecule has 2 fully saturated rings. The number of carbonyl (C=O) groups is 1. The Kier molecular flexibility index (Phi) is 4.98. The Labute approximate surface area is 160 Å². The predicted molar refractivity (Wildman–Crippen MR) is 107 cm³/mol. The van der Waals surface area contributed by atoms with Crippen molar-refractivity contribution in [3.8, 4) is 0 Å². The van der Waals surface area contributed by atoms with Gasteiger partial charge in [-0.1, -0.05) is 12.1 Å². The lowest BCUT2D eigenvalue weighted by atomic mass is 10.1. The zero-order valence-electron chi connectivity index (χ0n) is 15.7. The molecule has 0 bridgehead atoms. The van der Waals surface area contributed by atoms with E-state index in [2.05, 4.69) is 29.7 Å². The van der Waals surface area contributed by atoms with Crippen molar-refractivity contribution in [1.82, 2.24) is 9.80 Å². The zero-order chi connectivity index (χ0) is 18.9. The molecule has 2 aliphatic heterocycles. The van der Waals surface area contributed by atoms with Crippen LogP contribution in [0.4, 0.5) is 15.8 Å². The van der Waals surface area contributed by atoms with E-state index in [0.717, 1.165) is 17.6 Å². The van der Waals surface area contributed by atoms with Gasteiger partial charge in [-0.15, -0.1) is 0 Å². The molecule has 4 nitrogen and oxygen atoms in total. The van der Waals surface area contributed by atoms with Crippen molar-refractivity contribution < 1.29 is 9.18 Å². The summed E-state index contributed by atoms with van der Waals surface area (Å²) in [4.78, 5) is 12.3. The molecule has 27 heavy (non-hydrogen) atoms. The first-order chi connectivity index (χ1) is 13.1. The van der Waals surface area contributed by atoms with Crippen molar-refractivity contribution in [1.29, 1.82) is 0 Å². The molecule has 2 heterocycles. The van der Waals surface area contributed by atoms with E-state index in [9.17, 15) is 9.18 Å². The van der Waals surface area contributed by atoms with Crippen LogP contribution < -0.4 is 15.1 Å². The zero-order valence-corrected chi connectivity index (χ0v) is 15.7. The van der Waals surface area contributed by atoms with Crippen molar-refractivity contribution in [2.24, 2.45) is 0 Å². The highest BCUT2D eigenvalue weighted by Gasteiger charge is 2.47. The molecule has 2 saturated heterocycles. The maximum atomic E-state index is 13.8. The fraction of sp³-hybridized carbons (Fsp3) is 0.409. The third-order valence-corrected chi connectivity index (χ3v) is 6.35. The Morgan fingerprint density at radius 3 is 2.56 bits per heavy atom. The highest BCUT2D eigenvalue weighted by atomic mass is 19.1. The second-order valence-electron chi connectivity index (χ2n) is 7.77. The molecule has 0 spiro atoms. The lowest BCUT2D eigenvalue weighted by molar-refractivity contribution is 0.102. The third-order valence-electron chi connectivity index (χ3n) is 6.35. The fourth-order valence-corrected chi connectivity index (χ4v) is 4.93. The van der Waals surface area contributed by atoms with Crippen molar-refractivity contribution in [3.63, 3.8) is 0 Å². The first-order valence-corrected chi connectivity index (χ1v) is 9.86. The van der Waals surface area contributed by atoms with Gasteiger partial charge in [0.2, 0.25) is 0 Å². The first kappa shape index (κ1) is 18.1. The first-order valence-electron chi connectivity index (χ1n) is 9.86. The Balaban J connectivity index is 1.56. The number of halogens is 1. The predicted octanol–water partition coefficient (Wildman–Crippen LogP) is 3.93. The van der Waals surface area contributed by atoms with Crippen molar-refractivity contribution in [2.75, 3.05) is 25.0 Å². The molecule has 0 aromatic heterocycles. The molecule has 0 radical (unpaired) electrons. The number of hydrogen-bond acceptors (Lipinski definition) is 2. The molecule has 0 aliphatic carbocycles. The SMILES string of the molecule is CC1CCC[N+]1(c1ccc(NC(=O)c2ccccc2F)cc1)C1CCNC1. The number of carbonyl (C=O) groups excluding carboxylic acids is 1. The molecular formula is C22H27FN3O+. The minimum Gasteiger partial charge on any atom is -0.322 e. The molecule has 0 saturated carbocycles. The lowest BCUT2D eigenvalue weighted by Crippen LogP contribution is -2.59. The van der Waals surface area contributed by atoms with Crippen molar-refractivity contribution in [2.45, 2.75) is 38.3 Å². The van der Waals surface area contributed by atoms with Crippen LogP contribution in [0.25, 0.3) is 0 Å². The topological polar surface area (TPSA) is 41.1 Å². The van der Waals surface area contributed by atoms with Gasteiger partial charge in [0.15, 0.2) is 0 Å². The number of nitrogens with zero attached hydrogens (tertiary/aromatic N) is 1. The van der Waals surface area contributed by atoms with Gasteiger partial charge >= 0.3 is 0 Å². The molecule has 2 aromatic carbocycles. The molecule has 1 amide bonds. The van der Waals surface area contributed by atoms with E-state index in [1.807, 2.05) is 12.1 Å². The number of benzene rings is 2. The minimum atomic E-state index is -0.504. The summed E-state index contributed by atoms with van der Waals surface area (Å²) in [5.41, 5.74) is 2.08. The van der Waals surface area contributed by atoms with Crippen LogP contribution in [0.15, 0.2) is 48.5 Å². The third kappa shape index (κ3) is 3.26. The van der Waals surface area contributed by atoms with Crippen LogP contribution in [-0.4, -0.2) is 37.6 Å². The monoisotopic (exact) mass is 368 g/mol. The van der Waals surface area contributed by atoms with Crippen LogP contribution in [0.1, 0.15) is 36.5 Å². The minimum absolute atomic E-state index is 0.0651. The quantitative estimate of drug-likeness (QED) is 0.803. The average Bonchev–Trinajstić information content (AvgIpc) is 3.33. The summed E-state index contributed by atoms with van der Waals surface area (Å²) in [5.74, 6) is -0.921. The molecule has 5 heteroatoms. The van der Waals surface area contributed by atoms with E-state index in [4.69, 9.17) is 0 Å². The van der Waals surface area contributed by atoms with Gasteiger partial charge in [0.1, 0.15) is 17.5 Å². The van der Waals surface area contributed by atoms with E-state index in [1.54, 1.807) is 12.1 Å². The number of amides is 1. The molecule has 3 unspecified atom stereocenters. The summed E-state index contributed by atoms with van der Waals surface area (Å²) >= 11 is 0. The van der Waals surface area contributed by atoms with Gasteiger partial charge in [0.05, 0.1) is 18.2 Å². The van der Waals surface area contributed by atoms with Crippen molar-refractivity contribution in [3.05, 3.63) is 59.9 Å². The molecule has 142 valence electrons. The van der Waals surface area contributed by atoms with Gasteiger partial charge in [-0.3, -0.25) is 9.28 Å². The Morgan fingerprint density at radius 2 is 1.93 bits per heavy atom. The second-order valence-corrected chi connectivity index (χ2v) is 7.77. The van der Waals surface area contributed by atoms with Crippen LogP contribution in [-0.2, 0) is 0 Å². The van der Waals surface area contributed by atoms with Gasteiger partial charge < -0.3 is 10.6 Å². The number of rotatable bonds is 4. The molecule has 4 rings (SSSR count). The maximum Gasteiger partial charge on any atom is 0.258 e. The summed E-state index contributed by atoms with van der Waals surface area (Å²) in [6.07, 6.45) is 3.71. The molecular weight excluding hydrogens is 341 g/mol. The van der Waals surface area contributed by atoms with Crippen LogP contribution in [0.2, 0.25) is 0 Å². The number of anilines is 1. The average molecular weight is 368 g/mol. The van der Waals surface area contributed by atoms with Crippen LogP contribution in [0.3, 0.4) is 0 Å².